The Morgan fingerprint density at radius 3 is 2.76 bits per heavy atom. The molecule has 2 rings (SSSR count). The predicted molar refractivity (Wildman–Crippen MR) is 81.2 cm³/mol. The monoisotopic (exact) mass is 313 g/mol. The third-order valence-corrected chi connectivity index (χ3v) is 5.14. The van der Waals surface area contributed by atoms with E-state index in [0.717, 1.165) is 49.2 Å². The molecular weight excluding hydrogens is 292 g/mol. The second-order valence-electron chi connectivity index (χ2n) is 5.71. The normalized spacial score (nSPS) is 23.6. The molecule has 2 nitrogen and oxygen atoms in total. The van der Waals surface area contributed by atoms with Gasteiger partial charge in [0.1, 0.15) is 11.6 Å². The Labute approximate surface area is 128 Å². The van der Waals surface area contributed by atoms with Crippen molar-refractivity contribution in [1.29, 1.82) is 0 Å². The highest BCUT2D eigenvalue weighted by Gasteiger charge is 2.25. The maximum Gasteiger partial charge on any atom is 0.233 e. The fraction of sp³-hybridized carbons (Fsp3) is 0.562. The molecule has 1 aliphatic rings. The lowest BCUT2D eigenvalue weighted by Gasteiger charge is -2.30. The lowest BCUT2D eigenvalue weighted by atomic mass is 9.86. The lowest BCUT2D eigenvalue weighted by molar-refractivity contribution is -0.121. The van der Waals surface area contributed by atoms with Gasteiger partial charge < -0.3 is 5.32 Å². The summed E-state index contributed by atoms with van der Waals surface area (Å²) in [5.74, 6) is -0.618. The van der Waals surface area contributed by atoms with E-state index in [1.165, 1.54) is 6.42 Å². The standard InChI is InChI=1S/C16H21F2NOS/c1-10-5-3-4-6-14(10)19-16(20)11(2)21-15-9-12(17)7-8-13(15)18/h7-11,14H,3-6H2,1-2H3,(H,19,20)/t10-,11-,14-/m1/s1. The minimum atomic E-state index is -0.493. The van der Waals surface area contributed by atoms with Crippen LogP contribution in [0.4, 0.5) is 8.78 Å². The average Bonchev–Trinajstić information content (AvgIpc) is 2.45. The zero-order chi connectivity index (χ0) is 15.4. The van der Waals surface area contributed by atoms with Gasteiger partial charge in [0.25, 0.3) is 0 Å². The van der Waals surface area contributed by atoms with Crippen LogP contribution in [0.25, 0.3) is 0 Å². The second kappa shape index (κ2) is 7.25. The summed E-state index contributed by atoms with van der Waals surface area (Å²) in [7, 11) is 0. The number of hydrogen-bond donors (Lipinski definition) is 1. The van der Waals surface area contributed by atoms with Crippen LogP contribution in [0.15, 0.2) is 23.1 Å². The number of nitrogens with one attached hydrogen (secondary N) is 1. The molecule has 0 aromatic heterocycles. The van der Waals surface area contributed by atoms with E-state index in [2.05, 4.69) is 12.2 Å². The van der Waals surface area contributed by atoms with Gasteiger partial charge in [-0.05, 0) is 43.9 Å². The van der Waals surface area contributed by atoms with Crippen LogP contribution in [0.3, 0.4) is 0 Å². The topological polar surface area (TPSA) is 29.1 Å². The molecule has 0 saturated heterocycles. The van der Waals surface area contributed by atoms with Crippen molar-refractivity contribution in [1.82, 2.24) is 5.32 Å². The van der Waals surface area contributed by atoms with Crippen molar-refractivity contribution >= 4 is 17.7 Å². The van der Waals surface area contributed by atoms with Crippen LogP contribution in [0.2, 0.25) is 0 Å². The minimum Gasteiger partial charge on any atom is -0.352 e. The number of rotatable bonds is 4. The molecule has 21 heavy (non-hydrogen) atoms. The molecule has 0 bridgehead atoms. The van der Waals surface area contributed by atoms with Gasteiger partial charge in [0.2, 0.25) is 5.91 Å². The SMILES string of the molecule is C[C@@H]1CCCC[C@H]1NC(=O)[C@@H](C)Sc1cc(F)ccc1F. The molecule has 1 fully saturated rings. The average molecular weight is 313 g/mol. The molecule has 0 unspecified atom stereocenters. The van der Waals surface area contributed by atoms with E-state index in [0.29, 0.717) is 5.92 Å². The van der Waals surface area contributed by atoms with E-state index in [9.17, 15) is 13.6 Å². The lowest BCUT2D eigenvalue weighted by Crippen LogP contribution is -2.44. The van der Waals surface area contributed by atoms with Crippen LogP contribution < -0.4 is 5.32 Å². The predicted octanol–water partition coefficient (Wildman–Crippen LogP) is 4.14. The molecule has 3 atom stereocenters. The van der Waals surface area contributed by atoms with E-state index in [1.807, 2.05) is 0 Å². The first-order chi connectivity index (χ1) is 9.97. The molecule has 0 radical (unpaired) electrons. The number of carbonyl (C=O) groups excluding carboxylic acids is 1. The molecule has 1 saturated carbocycles. The Hall–Kier alpha value is -1.10. The number of amides is 1. The summed E-state index contributed by atoms with van der Waals surface area (Å²) in [4.78, 5) is 12.4. The van der Waals surface area contributed by atoms with E-state index >= 15 is 0 Å². The zero-order valence-corrected chi connectivity index (χ0v) is 13.2. The van der Waals surface area contributed by atoms with Crippen LogP contribution in [0.1, 0.15) is 39.5 Å². The molecular formula is C16H21F2NOS. The molecule has 0 spiro atoms. The largest absolute Gasteiger partial charge is 0.352 e. The van der Waals surface area contributed by atoms with Crippen molar-refractivity contribution in [2.24, 2.45) is 5.92 Å². The molecule has 116 valence electrons. The Bertz CT molecular complexity index is 509. The fourth-order valence-electron chi connectivity index (χ4n) is 2.64. The van der Waals surface area contributed by atoms with Crippen molar-refractivity contribution in [3.63, 3.8) is 0 Å². The van der Waals surface area contributed by atoms with Crippen LogP contribution in [-0.2, 0) is 4.79 Å². The van der Waals surface area contributed by atoms with Crippen LogP contribution in [-0.4, -0.2) is 17.2 Å². The number of thioether (sulfide) groups is 1. The van der Waals surface area contributed by atoms with Crippen molar-refractivity contribution in [2.45, 2.75) is 55.7 Å². The third kappa shape index (κ3) is 4.43. The number of carbonyl (C=O) groups is 1. The summed E-state index contributed by atoms with van der Waals surface area (Å²) in [5.41, 5.74) is 0. The third-order valence-electron chi connectivity index (χ3n) is 4.01. The fourth-order valence-corrected chi connectivity index (χ4v) is 3.56. The summed E-state index contributed by atoms with van der Waals surface area (Å²) >= 11 is 1.06. The van der Waals surface area contributed by atoms with Gasteiger partial charge in [-0.1, -0.05) is 19.8 Å². The molecule has 1 N–H and O–H groups in total. The highest BCUT2D eigenvalue weighted by Crippen LogP contribution is 2.28. The first kappa shape index (κ1) is 16.3. The van der Waals surface area contributed by atoms with Gasteiger partial charge >= 0.3 is 0 Å². The summed E-state index contributed by atoms with van der Waals surface area (Å²) in [5, 5.41) is 2.60. The maximum absolute atomic E-state index is 13.6. The number of halogens is 2. The van der Waals surface area contributed by atoms with Gasteiger partial charge in [-0.2, -0.15) is 0 Å². The van der Waals surface area contributed by atoms with Gasteiger partial charge in [-0.25, -0.2) is 8.78 Å². The van der Waals surface area contributed by atoms with Gasteiger partial charge in [0.15, 0.2) is 0 Å². The summed E-state index contributed by atoms with van der Waals surface area (Å²) in [6.45, 7) is 3.87. The van der Waals surface area contributed by atoms with Gasteiger partial charge in [-0.3, -0.25) is 4.79 Å². The van der Waals surface area contributed by atoms with Crippen molar-refractivity contribution < 1.29 is 13.6 Å². The number of hydrogen-bond acceptors (Lipinski definition) is 2. The van der Waals surface area contributed by atoms with Gasteiger partial charge in [0, 0.05) is 10.9 Å². The van der Waals surface area contributed by atoms with Crippen LogP contribution in [0.5, 0.6) is 0 Å². The minimum absolute atomic E-state index is 0.109. The highest BCUT2D eigenvalue weighted by atomic mass is 32.2. The van der Waals surface area contributed by atoms with Crippen LogP contribution >= 0.6 is 11.8 Å². The van der Waals surface area contributed by atoms with Crippen molar-refractivity contribution in [2.75, 3.05) is 0 Å². The van der Waals surface area contributed by atoms with Crippen LogP contribution in [0, 0.1) is 17.6 Å². The molecule has 1 aromatic rings. The summed E-state index contributed by atoms with van der Waals surface area (Å²) in [6.07, 6.45) is 4.48. The summed E-state index contributed by atoms with van der Waals surface area (Å²) in [6, 6.07) is 3.50. The molecule has 5 heteroatoms. The molecule has 1 aromatic carbocycles. The Balaban J connectivity index is 1.94. The van der Waals surface area contributed by atoms with Gasteiger partial charge in [0.05, 0.1) is 5.25 Å². The molecule has 0 aliphatic heterocycles. The van der Waals surface area contributed by atoms with E-state index in [1.54, 1.807) is 6.92 Å². The summed E-state index contributed by atoms with van der Waals surface area (Å²) < 4.78 is 26.7. The molecule has 1 aliphatic carbocycles. The van der Waals surface area contributed by atoms with E-state index in [4.69, 9.17) is 0 Å². The first-order valence-electron chi connectivity index (χ1n) is 7.39. The van der Waals surface area contributed by atoms with Crippen molar-refractivity contribution in [3.05, 3.63) is 29.8 Å². The Kier molecular flexibility index (Phi) is 5.62. The zero-order valence-electron chi connectivity index (χ0n) is 12.4. The first-order valence-corrected chi connectivity index (χ1v) is 8.27. The number of benzene rings is 1. The highest BCUT2D eigenvalue weighted by molar-refractivity contribution is 8.00. The maximum atomic E-state index is 13.6. The molecule has 1 amide bonds. The molecule has 0 heterocycles. The quantitative estimate of drug-likeness (QED) is 0.846. The van der Waals surface area contributed by atoms with Crippen molar-refractivity contribution in [3.8, 4) is 0 Å². The van der Waals surface area contributed by atoms with Gasteiger partial charge in [-0.15, -0.1) is 11.8 Å². The van der Waals surface area contributed by atoms with E-state index < -0.39 is 16.9 Å². The Morgan fingerprint density at radius 1 is 1.33 bits per heavy atom. The van der Waals surface area contributed by atoms with E-state index in [-0.39, 0.29) is 16.8 Å². The smallest absolute Gasteiger partial charge is 0.233 e. The Morgan fingerprint density at radius 2 is 2.05 bits per heavy atom. The second-order valence-corrected chi connectivity index (χ2v) is 7.09.